The van der Waals surface area contributed by atoms with Crippen LogP contribution >= 0.6 is 11.6 Å². The van der Waals surface area contributed by atoms with Crippen molar-refractivity contribution in [3.8, 4) is 5.75 Å². The zero-order valence-electron chi connectivity index (χ0n) is 16.2. The number of carbonyl (C=O) groups excluding carboxylic acids is 1. The number of hydrogen-bond donors (Lipinski definition) is 0. The molecule has 0 saturated carbocycles. The van der Waals surface area contributed by atoms with Crippen molar-refractivity contribution in [2.45, 2.75) is 33.8 Å². The Labute approximate surface area is 165 Å². The van der Waals surface area contributed by atoms with Gasteiger partial charge in [0.25, 0.3) is 5.91 Å². The van der Waals surface area contributed by atoms with Gasteiger partial charge in [0.05, 0.1) is 0 Å². The van der Waals surface area contributed by atoms with E-state index >= 15 is 0 Å². The maximum atomic E-state index is 12.7. The highest BCUT2D eigenvalue weighted by atomic mass is 35.5. The third-order valence-electron chi connectivity index (χ3n) is 4.66. The van der Waals surface area contributed by atoms with Crippen molar-refractivity contribution in [2.24, 2.45) is 0 Å². The molecule has 1 aromatic heterocycles. The fourth-order valence-corrected chi connectivity index (χ4v) is 3.33. The van der Waals surface area contributed by atoms with Crippen molar-refractivity contribution in [3.05, 3.63) is 46.4 Å². The van der Waals surface area contributed by atoms with Crippen LogP contribution in [0.3, 0.4) is 0 Å². The fourth-order valence-electron chi connectivity index (χ4n) is 3.22. The largest absolute Gasteiger partial charge is 0.481 e. The smallest absolute Gasteiger partial charge is 0.263 e. The number of piperazine rings is 1. The van der Waals surface area contributed by atoms with Gasteiger partial charge in [-0.15, -0.1) is 0 Å². The maximum absolute atomic E-state index is 12.7. The highest BCUT2D eigenvalue weighted by Gasteiger charge is 2.26. The number of anilines is 1. The summed E-state index contributed by atoms with van der Waals surface area (Å²) in [5, 5.41) is 0.688. The molecule has 1 fully saturated rings. The minimum absolute atomic E-state index is 0.00250. The summed E-state index contributed by atoms with van der Waals surface area (Å²) in [5.41, 5.74) is 1.88. The highest BCUT2D eigenvalue weighted by Crippen LogP contribution is 2.22. The summed E-state index contributed by atoms with van der Waals surface area (Å²) >= 11 is 6.04. The molecule has 0 N–H and O–H groups in total. The van der Waals surface area contributed by atoms with Crippen molar-refractivity contribution in [2.75, 3.05) is 31.1 Å². The zero-order chi connectivity index (χ0) is 19.6. The molecule has 1 aliphatic rings. The number of benzene rings is 1. The molecule has 6 nitrogen and oxygen atoms in total. The van der Waals surface area contributed by atoms with Gasteiger partial charge in [-0.25, -0.2) is 9.97 Å². The van der Waals surface area contributed by atoms with E-state index in [2.05, 4.69) is 14.9 Å². The van der Waals surface area contributed by atoms with E-state index in [1.54, 1.807) is 19.1 Å². The zero-order valence-corrected chi connectivity index (χ0v) is 17.0. The molecule has 0 aliphatic carbocycles. The van der Waals surface area contributed by atoms with E-state index in [0.29, 0.717) is 23.9 Å². The molecule has 2 heterocycles. The molecule has 1 aliphatic heterocycles. The van der Waals surface area contributed by atoms with Gasteiger partial charge < -0.3 is 14.5 Å². The molecular formula is C20H25ClN4O2. The van der Waals surface area contributed by atoms with Crippen LogP contribution in [0, 0.1) is 20.8 Å². The topological polar surface area (TPSA) is 58.6 Å². The van der Waals surface area contributed by atoms with Crippen LogP contribution in [0.2, 0.25) is 5.02 Å². The van der Waals surface area contributed by atoms with Gasteiger partial charge in [0.1, 0.15) is 17.4 Å². The van der Waals surface area contributed by atoms with Crippen LogP contribution in [-0.4, -0.2) is 53.1 Å². The van der Waals surface area contributed by atoms with E-state index in [1.165, 1.54) is 0 Å². The second kappa shape index (κ2) is 8.13. The first kappa shape index (κ1) is 19.4. The lowest BCUT2D eigenvalue weighted by molar-refractivity contribution is -0.138. The Morgan fingerprint density at radius 2 is 1.81 bits per heavy atom. The Hall–Kier alpha value is -2.34. The van der Waals surface area contributed by atoms with Crippen molar-refractivity contribution >= 4 is 23.3 Å². The molecule has 27 heavy (non-hydrogen) atoms. The van der Waals surface area contributed by atoms with Crippen LogP contribution in [0.4, 0.5) is 5.82 Å². The first-order valence-electron chi connectivity index (χ1n) is 9.12. The van der Waals surface area contributed by atoms with Gasteiger partial charge in [0.15, 0.2) is 6.10 Å². The molecule has 1 amide bonds. The molecule has 2 aromatic rings. The normalized spacial score (nSPS) is 15.6. The Morgan fingerprint density at radius 1 is 1.11 bits per heavy atom. The monoisotopic (exact) mass is 388 g/mol. The summed E-state index contributed by atoms with van der Waals surface area (Å²) in [5.74, 6) is 2.34. The number of ether oxygens (including phenoxy) is 1. The summed E-state index contributed by atoms with van der Waals surface area (Å²) in [6, 6.07) is 7.41. The summed E-state index contributed by atoms with van der Waals surface area (Å²) < 4.78 is 5.82. The average molecular weight is 389 g/mol. The molecule has 3 rings (SSSR count). The number of nitrogens with zero attached hydrogens (tertiary/aromatic N) is 4. The van der Waals surface area contributed by atoms with Crippen molar-refractivity contribution in [1.82, 2.24) is 14.9 Å². The SMILES string of the molecule is Cc1cc(N2CCN(C(=O)C(C)Oc3ccc(Cl)c(C)c3)CC2)nc(C)n1. The van der Waals surface area contributed by atoms with Crippen LogP contribution in [0.15, 0.2) is 24.3 Å². The molecular weight excluding hydrogens is 364 g/mol. The van der Waals surface area contributed by atoms with Gasteiger partial charge >= 0.3 is 0 Å². The van der Waals surface area contributed by atoms with Gasteiger partial charge in [0.2, 0.25) is 0 Å². The molecule has 1 aromatic carbocycles. The van der Waals surface area contributed by atoms with Gasteiger partial charge in [0, 0.05) is 43.0 Å². The van der Waals surface area contributed by atoms with E-state index in [9.17, 15) is 4.79 Å². The fraction of sp³-hybridized carbons (Fsp3) is 0.450. The standard InChI is InChI=1S/C20H25ClN4O2/c1-13-11-17(5-6-18(13)21)27-15(3)20(26)25-9-7-24(8-10-25)19-12-14(2)22-16(4)23-19/h5-6,11-12,15H,7-10H2,1-4H3. The van der Waals surface area contributed by atoms with Crippen LogP contribution < -0.4 is 9.64 Å². The summed E-state index contributed by atoms with van der Waals surface area (Å²) in [7, 11) is 0. The van der Waals surface area contributed by atoms with E-state index in [-0.39, 0.29) is 5.91 Å². The van der Waals surface area contributed by atoms with Gasteiger partial charge in [-0.05, 0) is 51.5 Å². The van der Waals surface area contributed by atoms with Crippen molar-refractivity contribution in [1.29, 1.82) is 0 Å². The number of hydrogen-bond acceptors (Lipinski definition) is 5. The van der Waals surface area contributed by atoms with E-state index in [1.807, 2.05) is 37.8 Å². The molecule has 1 unspecified atom stereocenters. The lowest BCUT2D eigenvalue weighted by Crippen LogP contribution is -2.52. The Bertz CT molecular complexity index is 814. The number of aryl methyl sites for hydroxylation is 3. The van der Waals surface area contributed by atoms with Gasteiger partial charge in [-0.2, -0.15) is 0 Å². The van der Waals surface area contributed by atoms with Crippen molar-refractivity contribution in [3.63, 3.8) is 0 Å². The predicted octanol–water partition coefficient (Wildman–Crippen LogP) is 3.17. The second-order valence-electron chi connectivity index (χ2n) is 6.90. The minimum atomic E-state index is -0.541. The highest BCUT2D eigenvalue weighted by molar-refractivity contribution is 6.31. The van der Waals surface area contributed by atoms with Crippen LogP contribution in [-0.2, 0) is 4.79 Å². The summed E-state index contributed by atoms with van der Waals surface area (Å²) in [6.07, 6.45) is -0.541. The minimum Gasteiger partial charge on any atom is -0.481 e. The number of carbonyl (C=O) groups is 1. The molecule has 7 heteroatoms. The molecule has 144 valence electrons. The molecule has 0 bridgehead atoms. The number of halogens is 1. The van der Waals surface area contributed by atoms with E-state index in [0.717, 1.165) is 36.0 Å². The Morgan fingerprint density at radius 3 is 2.44 bits per heavy atom. The number of rotatable bonds is 4. The Balaban J connectivity index is 1.58. The maximum Gasteiger partial charge on any atom is 0.263 e. The predicted molar refractivity (Wildman–Crippen MR) is 107 cm³/mol. The first-order chi connectivity index (χ1) is 12.8. The molecule has 1 atom stereocenters. The van der Waals surface area contributed by atoms with E-state index in [4.69, 9.17) is 16.3 Å². The molecule has 1 saturated heterocycles. The number of aromatic nitrogens is 2. The molecule has 0 radical (unpaired) electrons. The quantitative estimate of drug-likeness (QED) is 0.805. The number of amides is 1. The van der Waals surface area contributed by atoms with Gasteiger partial charge in [-0.1, -0.05) is 11.6 Å². The third-order valence-corrected chi connectivity index (χ3v) is 5.08. The van der Waals surface area contributed by atoms with Gasteiger partial charge in [-0.3, -0.25) is 4.79 Å². The van der Waals surface area contributed by atoms with Crippen LogP contribution in [0.5, 0.6) is 5.75 Å². The van der Waals surface area contributed by atoms with Crippen molar-refractivity contribution < 1.29 is 9.53 Å². The second-order valence-corrected chi connectivity index (χ2v) is 7.31. The van der Waals surface area contributed by atoms with E-state index < -0.39 is 6.10 Å². The first-order valence-corrected chi connectivity index (χ1v) is 9.50. The lowest BCUT2D eigenvalue weighted by atomic mass is 10.2. The third kappa shape index (κ3) is 4.69. The summed E-state index contributed by atoms with van der Waals surface area (Å²) in [4.78, 5) is 25.6. The van der Waals surface area contributed by atoms with Crippen LogP contribution in [0.1, 0.15) is 24.0 Å². The summed E-state index contributed by atoms with van der Waals surface area (Å²) in [6.45, 7) is 10.3. The lowest BCUT2D eigenvalue weighted by Gasteiger charge is -2.36. The molecule has 0 spiro atoms. The Kier molecular flexibility index (Phi) is 5.85. The van der Waals surface area contributed by atoms with Crippen LogP contribution in [0.25, 0.3) is 0 Å². The average Bonchev–Trinajstić information content (AvgIpc) is 2.63.